The van der Waals surface area contributed by atoms with Crippen molar-refractivity contribution < 1.29 is 4.74 Å². The van der Waals surface area contributed by atoms with E-state index < -0.39 is 0 Å². The van der Waals surface area contributed by atoms with Gasteiger partial charge in [-0.2, -0.15) is 5.10 Å². The summed E-state index contributed by atoms with van der Waals surface area (Å²) >= 11 is 6.28. The van der Waals surface area contributed by atoms with Gasteiger partial charge in [0.1, 0.15) is 0 Å². The van der Waals surface area contributed by atoms with E-state index in [0.717, 1.165) is 35.6 Å². The standard InChI is InChI=1S/C14H17ClN2O/c1-9-10(2)12(15)7-13-11(9)8-16-17(13)14-5-3-4-6-18-14/h7-8,14H,3-6H2,1-2H3. The molecule has 1 aliphatic heterocycles. The van der Waals surface area contributed by atoms with Gasteiger partial charge in [-0.1, -0.05) is 11.6 Å². The Morgan fingerprint density at radius 2 is 2.17 bits per heavy atom. The van der Waals surface area contributed by atoms with Crippen LogP contribution in [0.2, 0.25) is 5.02 Å². The van der Waals surface area contributed by atoms with Crippen molar-refractivity contribution in [3.8, 4) is 0 Å². The van der Waals surface area contributed by atoms with Gasteiger partial charge in [-0.15, -0.1) is 0 Å². The molecule has 0 radical (unpaired) electrons. The van der Waals surface area contributed by atoms with Crippen molar-refractivity contribution in [1.82, 2.24) is 9.78 Å². The van der Waals surface area contributed by atoms with E-state index >= 15 is 0 Å². The Labute approximate surface area is 112 Å². The highest BCUT2D eigenvalue weighted by atomic mass is 35.5. The van der Waals surface area contributed by atoms with Gasteiger partial charge in [-0.05, 0) is 50.3 Å². The molecular weight excluding hydrogens is 248 g/mol. The van der Waals surface area contributed by atoms with Gasteiger partial charge < -0.3 is 4.74 Å². The molecule has 1 aromatic heterocycles. The first-order valence-corrected chi connectivity index (χ1v) is 6.81. The molecule has 96 valence electrons. The molecule has 0 amide bonds. The highest BCUT2D eigenvalue weighted by Crippen LogP contribution is 2.31. The van der Waals surface area contributed by atoms with Crippen LogP contribution in [-0.2, 0) is 4.74 Å². The van der Waals surface area contributed by atoms with E-state index in [-0.39, 0.29) is 6.23 Å². The molecule has 0 saturated carbocycles. The van der Waals surface area contributed by atoms with Crippen molar-refractivity contribution >= 4 is 22.5 Å². The average molecular weight is 265 g/mol. The fourth-order valence-electron chi connectivity index (χ4n) is 2.56. The van der Waals surface area contributed by atoms with Crippen LogP contribution < -0.4 is 0 Å². The second-order valence-corrected chi connectivity index (χ2v) is 5.36. The summed E-state index contributed by atoms with van der Waals surface area (Å²) in [6.45, 7) is 4.97. The molecule has 2 heterocycles. The van der Waals surface area contributed by atoms with Crippen molar-refractivity contribution in [2.45, 2.75) is 39.3 Å². The Morgan fingerprint density at radius 3 is 2.89 bits per heavy atom. The number of hydrogen-bond acceptors (Lipinski definition) is 2. The van der Waals surface area contributed by atoms with Crippen molar-refractivity contribution in [1.29, 1.82) is 0 Å². The number of aromatic nitrogens is 2. The van der Waals surface area contributed by atoms with E-state index in [1.165, 1.54) is 17.4 Å². The van der Waals surface area contributed by atoms with Crippen LogP contribution in [0, 0.1) is 13.8 Å². The minimum absolute atomic E-state index is 0.0643. The molecular formula is C14H17ClN2O. The van der Waals surface area contributed by atoms with Crippen LogP contribution in [-0.4, -0.2) is 16.4 Å². The van der Waals surface area contributed by atoms with Crippen LogP contribution in [0.15, 0.2) is 12.3 Å². The van der Waals surface area contributed by atoms with Gasteiger partial charge >= 0.3 is 0 Å². The van der Waals surface area contributed by atoms with Gasteiger partial charge in [0.05, 0.1) is 11.7 Å². The maximum absolute atomic E-state index is 6.28. The highest BCUT2D eigenvalue weighted by molar-refractivity contribution is 6.32. The van der Waals surface area contributed by atoms with E-state index in [2.05, 4.69) is 12.0 Å². The van der Waals surface area contributed by atoms with Crippen LogP contribution in [0.4, 0.5) is 0 Å². The zero-order valence-corrected chi connectivity index (χ0v) is 11.5. The first-order chi connectivity index (χ1) is 8.68. The summed E-state index contributed by atoms with van der Waals surface area (Å²) in [6.07, 6.45) is 5.36. The minimum Gasteiger partial charge on any atom is -0.356 e. The Hall–Kier alpha value is -1.06. The molecule has 2 aromatic rings. The summed E-state index contributed by atoms with van der Waals surface area (Å²) in [5.41, 5.74) is 3.42. The minimum atomic E-state index is 0.0643. The average Bonchev–Trinajstić information content (AvgIpc) is 2.81. The number of aryl methyl sites for hydroxylation is 1. The fourth-order valence-corrected chi connectivity index (χ4v) is 2.81. The normalized spacial score (nSPS) is 20.5. The van der Waals surface area contributed by atoms with Crippen LogP contribution >= 0.6 is 11.6 Å². The molecule has 1 saturated heterocycles. The van der Waals surface area contributed by atoms with Crippen LogP contribution in [0.25, 0.3) is 10.9 Å². The van der Waals surface area contributed by atoms with E-state index in [1.54, 1.807) is 0 Å². The van der Waals surface area contributed by atoms with Gasteiger partial charge in [0.2, 0.25) is 0 Å². The molecule has 0 N–H and O–H groups in total. The highest BCUT2D eigenvalue weighted by Gasteiger charge is 2.19. The van der Waals surface area contributed by atoms with Crippen LogP contribution in [0.1, 0.15) is 36.6 Å². The first kappa shape index (κ1) is 12.0. The Kier molecular flexibility index (Phi) is 3.04. The molecule has 0 spiro atoms. The van der Waals surface area contributed by atoms with Gasteiger partial charge in [0.25, 0.3) is 0 Å². The number of benzene rings is 1. The summed E-state index contributed by atoms with van der Waals surface area (Å²) < 4.78 is 7.78. The van der Waals surface area contributed by atoms with Crippen molar-refractivity contribution in [2.24, 2.45) is 0 Å². The molecule has 3 nitrogen and oxygen atoms in total. The summed E-state index contributed by atoms with van der Waals surface area (Å²) in [6, 6.07) is 2.00. The molecule has 18 heavy (non-hydrogen) atoms. The smallest absolute Gasteiger partial charge is 0.150 e. The zero-order chi connectivity index (χ0) is 12.7. The largest absolute Gasteiger partial charge is 0.356 e. The predicted octanol–water partition coefficient (Wildman–Crippen LogP) is 4.01. The third-order valence-electron chi connectivity index (χ3n) is 3.85. The number of nitrogens with zero attached hydrogens (tertiary/aromatic N) is 2. The molecule has 1 unspecified atom stereocenters. The van der Waals surface area contributed by atoms with Crippen LogP contribution in [0.5, 0.6) is 0 Å². The Bertz CT molecular complexity index is 585. The number of hydrogen-bond donors (Lipinski definition) is 0. The molecule has 0 aliphatic carbocycles. The zero-order valence-electron chi connectivity index (χ0n) is 10.7. The number of halogens is 1. The molecule has 3 rings (SSSR count). The number of fused-ring (bicyclic) bond motifs is 1. The number of rotatable bonds is 1. The van der Waals surface area contributed by atoms with Gasteiger partial charge in [0.15, 0.2) is 6.23 Å². The predicted molar refractivity (Wildman–Crippen MR) is 73.1 cm³/mol. The summed E-state index contributed by atoms with van der Waals surface area (Å²) in [7, 11) is 0. The third-order valence-corrected chi connectivity index (χ3v) is 4.24. The molecule has 1 atom stereocenters. The Balaban J connectivity index is 2.13. The maximum Gasteiger partial charge on any atom is 0.150 e. The first-order valence-electron chi connectivity index (χ1n) is 6.43. The van der Waals surface area contributed by atoms with Gasteiger partial charge in [-0.25, -0.2) is 4.68 Å². The number of ether oxygens (including phenoxy) is 1. The monoisotopic (exact) mass is 264 g/mol. The second-order valence-electron chi connectivity index (χ2n) is 4.95. The Morgan fingerprint density at radius 1 is 1.33 bits per heavy atom. The maximum atomic E-state index is 6.28. The SMILES string of the molecule is Cc1c(Cl)cc2c(cnn2C2CCCCO2)c1C. The quantitative estimate of drug-likeness (QED) is 0.778. The topological polar surface area (TPSA) is 27.1 Å². The molecule has 1 aliphatic rings. The fraction of sp³-hybridized carbons (Fsp3) is 0.500. The van der Waals surface area contributed by atoms with Crippen molar-refractivity contribution in [3.63, 3.8) is 0 Å². The lowest BCUT2D eigenvalue weighted by atomic mass is 10.1. The van der Waals surface area contributed by atoms with E-state index in [0.29, 0.717) is 0 Å². The van der Waals surface area contributed by atoms with E-state index in [1.807, 2.05) is 23.9 Å². The molecule has 1 fully saturated rings. The molecule has 1 aromatic carbocycles. The lowest BCUT2D eigenvalue weighted by Gasteiger charge is -2.23. The van der Waals surface area contributed by atoms with Gasteiger partial charge in [0, 0.05) is 17.0 Å². The summed E-state index contributed by atoms with van der Waals surface area (Å²) in [4.78, 5) is 0. The van der Waals surface area contributed by atoms with Crippen molar-refractivity contribution in [2.75, 3.05) is 6.61 Å². The second kappa shape index (κ2) is 4.56. The third kappa shape index (κ3) is 1.82. The van der Waals surface area contributed by atoms with Crippen LogP contribution in [0.3, 0.4) is 0 Å². The van der Waals surface area contributed by atoms with E-state index in [9.17, 15) is 0 Å². The van der Waals surface area contributed by atoms with Crippen molar-refractivity contribution in [3.05, 3.63) is 28.4 Å². The molecule has 0 bridgehead atoms. The summed E-state index contributed by atoms with van der Waals surface area (Å²) in [5.74, 6) is 0. The van der Waals surface area contributed by atoms with Gasteiger partial charge in [-0.3, -0.25) is 0 Å². The lowest BCUT2D eigenvalue weighted by Crippen LogP contribution is -2.18. The van der Waals surface area contributed by atoms with E-state index in [4.69, 9.17) is 16.3 Å². The molecule has 4 heteroatoms. The summed E-state index contributed by atoms with van der Waals surface area (Å²) in [5, 5.41) is 6.47. The lowest BCUT2D eigenvalue weighted by molar-refractivity contribution is -0.0366.